The second-order valence-electron chi connectivity index (χ2n) is 3.23. The van der Waals surface area contributed by atoms with E-state index in [9.17, 15) is 13.6 Å². The Balaban J connectivity index is 3.15. The van der Waals surface area contributed by atoms with Gasteiger partial charge in [0.25, 0.3) is 6.43 Å². The van der Waals surface area contributed by atoms with Gasteiger partial charge in [0.2, 0.25) is 0 Å². The molecule has 0 saturated heterocycles. The molecule has 0 fully saturated rings. The van der Waals surface area contributed by atoms with Gasteiger partial charge in [-0.05, 0) is 34.2 Å². The van der Waals surface area contributed by atoms with Crippen LogP contribution in [-0.2, 0) is 22.5 Å². The number of methoxy groups -OCH3 is 1. The topological polar surface area (TPSA) is 65.2 Å². The van der Waals surface area contributed by atoms with Gasteiger partial charge in [-0.3, -0.25) is 9.78 Å². The van der Waals surface area contributed by atoms with Gasteiger partial charge in [-0.15, -0.1) is 0 Å². The van der Waals surface area contributed by atoms with Crippen molar-refractivity contribution in [2.75, 3.05) is 7.11 Å². The van der Waals surface area contributed by atoms with Crippen LogP contribution < -0.4 is 5.73 Å². The number of nitrogens with two attached hydrogens (primary N) is 1. The molecule has 4 nitrogen and oxygen atoms in total. The normalized spacial score (nSPS) is 10.7. The zero-order valence-corrected chi connectivity index (χ0v) is 11.2. The summed E-state index contributed by atoms with van der Waals surface area (Å²) in [4.78, 5) is 14.8. The first-order valence-corrected chi connectivity index (χ1v) is 5.80. The van der Waals surface area contributed by atoms with Crippen LogP contribution in [0.25, 0.3) is 0 Å². The molecular formula is C10H11F2IN2O2. The van der Waals surface area contributed by atoms with Crippen LogP contribution in [-0.4, -0.2) is 18.1 Å². The van der Waals surface area contributed by atoms with Gasteiger partial charge in [0.15, 0.2) is 0 Å². The Morgan fingerprint density at radius 1 is 1.65 bits per heavy atom. The molecule has 1 aromatic rings. The van der Waals surface area contributed by atoms with Crippen LogP contribution >= 0.6 is 22.6 Å². The van der Waals surface area contributed by atoms with Crippen LogP contribution in [0.15, 0.2) is 6.07 Å². The molecule has 0 saturated carbocycles. The van der Waals surface area contributed by atoms with Crippen molar-refractivity contribution in [1.29, 1.82) is 0 Å². The lowest BCUT2D eigenvalue weighted by Gasteiger charge is -2.10. The lowest BCUT2D eigenvalue weighted by Crippen LogP contribution is -2.11. The third kappa shape index (κ3) is 3.56. The summed E-state index contributed by atoms with van der Waals surface area (Å²) in [6, 6.07) is 1.55. The largest absolute Gasteiger partial charge is 0.469 e. The van der Waals surface area contributed by atoms with Crippen molar-refractivity contribution in [1.82, 2.24) is 4.98 Å². The third-order valence-electron chi connectivity index (χ3n) is 2.09. The van der Waals surface area contributed by atoms with E-state index in [1.165, 1.54) is 7.11 Å². The summed E-state index contributed by atoms with van der Waals surface area (Å²) >= 11 is 1.78. The highest BCUT2D eigenvalue weighted by atomic mass is 127. The predicted octanol–water partition coefficient (Wildman–Crippen LogP) is 1.80. The predicted molar refractivity (Wildman–Crippen MR) is 65.5 cm³/mol. The highest BCUT2D eigenvalue weighted by Gasteiger charge is 2.18. The first-order chi connectivity index (χ1) is 7.99. The summed E-state index contributed by atoms with van der Waals surface area (Å²) in [5, 5.41) is 0. The van der Waals surface area contributed by atoms with Crippen molar-refractivity contribution in [3.05, 3.63) is 26.6 Å². The van der Waals surface area contributed by atoms with Gasteiger partial charge < -0.3 is 10.5 Å². The Morgan fingerprint density at radius 3 is 2.76 bits per heavy atom. The molecule has 2 N–H and O–H groups in total. The van der Waals surface area contributed by atoms with E-state index in [-0.39, 0.29) is 24.4 Å². The van der Waals surface area contributed by atoms with Crippen molar-refractivity contribution < 1.29 is 18.3 Å². The van der Waals surface area contributed by atoms with E-state index < -0.39 is 12.4 Å². The number of nitrogens with zero attached hydrogens (tertiary/aromatic N) is 1. The maximum absolute atomic E-state index is 12.7. The molecule has 1 heterocycles. The van der Waals surface area contributed by atoms with Crippen molar-refractivity contribution in [3.63, 3.8) is 0 Å². The van der Waals surface area contributed by atoms with Crippen LogP contribution in [0.5, 0.6) is 0 Å². The van der Waals surface area contributed by atoms with E-state index in [0.29, 0.717) is 9.13 Å². The second-order valence-corrected chi connectivity index (χ2v) is 4.31. The van der Waals surface area contributed by atoms with Gasteiger partial charge in [0.05, 0.1) is 19.2 Å². The molecule has 17 heavy (non-hydrogen) atoms. The number of ether oxygens (including phenoxy) is 1. The van der Waals surface area contributed by atoms with Gasteiger partial charge in [-0.2, -0.15) is 0 Å². The highest BCUT2D eigenvalue weighted by Crippen LogP contribution is 2.26. The number of carbonyl (C=O) groups is 1. The number of rotatable bonds is 4. The Morgan fingerprint density at radius 2 is 2.29 bits per heavy atom. The van der Waals surface area contributed by atoms with Crippen LogP contribution in [0.4, 0.5) is 8.78 Å². The molecule has 0 aliphatic heterocycles. The van der Waals surface area contributed by atoms with E-state index in [4.69, 9.17) is 5.73 Å². The van der Waals surface area contributed by atoms with E-state index >= 15 is 0 Å². The number of alkyl halides is 2. The van der Waals surface area contributed by atoms with Crippen molar-refractivity contribution in [3.8, 4) is 0 Å². The monoisotopic (exact) mass is 356 g/mol. The lowest BCUT2D eigenvalue weighted by molar-refractivity contribution is -0.139. The van der Waals surface area contributed by atoms with Crippen LogP contribution in [0.1, 0.15) is 23.4 Å². The van der Waals surface area contributed by atoms with Gasteiger partial charge in [0.1, 0.15) is 5.69 Å². The van der Waals surface area contributed by atoms with E-state index in [2.05, 4.69) is 9.72 Å². The molecule has 0 aliphatic carbocycles. The molecule has 0 amide bonds. The maximum Gasteiger partial charge on any atom is 0.311 e. The molecule has 0 radical (unpaired) electrons. The zero-order valence-electron chi connectivity index (χ0n) is 9.04. The molecule has 7 heteroatoms. The number of pyridine rings is 1. The van der Waals surface area contributed by atoms with Crippen LogP contribution in [0, 0.1) is 3.57 Å². The minimum Gasteiger partial charge on any atom is -0.469 e. The first kappa shape index (κ1) is 14.2. The van der Waals surface area contributed by atoms with Crippen LogP contribution in [0.3, 0.4) is 0 Å². The average molecular weight is 356 g/mol. The Kier molecular flexibility index (Phi) is 5.19. The second kappa shape index (κ2) is 6.20. The Hall–Kier alpha value is -0.830. The Labute approximate surface area is 111 Å². The fraction of sp³-hybridized carbons (Fsp3) is 0.400. The molecule has 0 aromatic carbocycles. The fourth-order valence-corrected chi connectivity index (χ4v) is 2.00. The molecule has 0 unspecified atom stereocenters. The smallest absolute Gasteiger partial charge is 0.311 e. The number of halogens is 3. The first-order valence-electron chi connectivity index (χ1n) is 4.72. The summed E-state index contributed by atoms with van der Waals surface area (Å²) in [7, 11) is 1.23. The fourth-order valence-electron chi connectivity index (χ4n) is 1.27. The molecular weight excluding hydrogens is 345 g/mol. The van der Waals surface area contributed by atoms with Crippen LogP contribution in [0.2, 0.25) is 0 Å². The number of aromatic nitrogens is 1. The molecule has 0 aliphatic rings. The zero-order chi connectivity index (χ0) is 13.0. The minimum absolute atomic E-state index is 0.120. The minimum atomic E-state index is -2.69. The van der Waals surface area contributed by atoms with Gasteiger partial charge >= 0.3 is 5.97 Å². The van der Waals surface area contributed by atoms with Gasteiger partial charge in [-0.25, -0.2) is 8.78 Å². The molecule has 0 bridgehead atoms. The summed E-state index contributed by atoms with van der Waals surface area (Å²) in [6.45, 7) is 0.120. The summed E-state index contributed by atoms with van der Waals surface area (Å²) in [5.74, 6) is -0.526. The number of hydrogen-bond acceptors (Lipinski definition) is 4. The molecule has 0 spiro atoms. The maximum atomic E-state index is 12.7. The van der Waals surface area contributed by atoms with Gasteiger partial charge in [-0.1, -0.05) is 0 Å². The summed E-state index contributed by atoms with van der Waals surface area (Å²) in [5.41, 5.74) is 5.91. The SMILES string of the molecule is COC(=O)Cc1cc(CN)c(I)c(C(F)F)n1. The number of carbonyl (C=O) groups excluding carboxylic acids is 1. The third-order valence-corrected chi connectivity index (χ3v) is 3.34. The molecule has 0 atom stereocenters. The van der Waals surface area contributed by atoms with Gasteiger partial charge in [0, 0.05) is 10.1 Å². The lowest BCUT2D eigenvalue weighted by atomic mass is 10.1. The van der Waals surface area contributed by atoms with E-state index in [1.807, 2.05) is 0 Å². The number of hydrogen-bond donors (Lipinski definition) is 1. The Bertz CT molecular complexity index is 427. The van der Waals surface area contributed by atoms with E-state index in [0.717, 1.165) is 0 Å². The highest BCUT2D eigenvalue weighted by molar-refractivity contribution is 14.1. The molecule has 94 valence electrons. The molecule has 1 rings (SSSR count). The summed E-state index contributed by atoms with van der Waals surface area (Å²) in [6.07, 6.45) is -2.83. The van der Waals surface area contributed by atoms with Crippen molar-refractivity contribution >= 4 is 28.6 Å². The van der Waals surface area contributed by atoms with E-state index in [1.54, 1.807) is 28.7 Å². The van der Waals surface area contributed by atoms with Crippen molar-refractivity contribution in [2.24, 2.45) is 5.73 Å². The molecule has 1 aromatic heterocycles. The quantitative estimate of drug-likeness (QED) is 0.660. The average Bonchev–Trinajstić information content (AvgIpc) is 2.30. The van der Waals surface area contributed by atoms with Crippen molar-refractivity contribution in [2.45, 2.75) is 19.4 Å². The standard InChI is InChI=1S/C10H11F2IN2O2/c1-17-7(16)3-6-2-5(4-14)8(13)9(15-6)10(11)12/h2,10H,3-4,14H2,1H3. The number of esters is 1. The summed E-state index contributed by atoms with van der Waals surface area (Å²) < 4.78 is 30.2.